The summed E-state index contributed by atoms with van der Waals surface area (Å²) in [6, 6.07) is 12.4. The van der Waals surface area contributed by atoms with Crippen molar-refractivity contribution >= 4 is 23.2 Å². The Bertz CT molecular complexity index is 995. The largest absolute Gasteiger partial charge is 0.495 e. The molecule has 0 saturated carbocycles. The van der Waals surface area contributed by atoms with Crippen molar-refractivity contribution in [2.24, 2.45) is 0 Å². The zero-order valence-electron chi connectivity index (χ0n) is 14.6. The lowest BCUT2D eigenvalue weighted by atomic mass is 10.1. The monoisotopic (exact) mass is 386 g/mol. The number of carbonyl (C=O) groups excluding carboxylic acids is 1. The summed E-state index contributed by atoms with van der Waals surface area (Å²) in [5.74, 6) is -0.0991. The molecule has 1 aromatic heterocycles. The van der Waals surface area contributed by atoms with Gasteiger partial charge in [-0.05, 0) is 48.5 Å². The first-order valence-corrected chi connectivity index (χ1v) is 8.35. The summed E-state index contributed by atoms with van der Waals surface area (Å²) < 4.78 is 24.9. The molecular formula is C20H16ClFN2O3. The Kier molecular flexibility index (Phi) is 5.57. The molecule has 0 atom stereocenters. The fourth-order valence-electron chi connectivity index (χ4n) is 2.55. The van der Waals surface area contributed by atoms with Crippen molar-refractivity contribution in [3.05, 3.63) is 71.1 Å². The number of hydrogen-bond acceptors (Lipinski definition) is 4. The molecule has 3 aromatic rings. The van der Waals surface area contributed by atoms with Crippen LogP contribution in [0.1, 0.15) is 10.4 Å². The topological polar surface area (TPSA) is 60.5 Å². The van der Waals surface area contributed by atoms with Gasteiger partial charge >= 0.3 is 0 Å². The van der Waals surface area contributed by atoms with Gasteiger partial charge in [-0.1, -0.05) is 11.6 Å². The zero-order chi connectivity index (χ0) is 19.4. The number of rotatable bonds is 5. The van der Waals surface area contributed by atoms with E-state index >= 15 is 0 Å². The summed E-state index contributed by atoms with van der Waals surface area (Å²) in [5, 5.41) is 3.03. The van der Waals surface area contributed by atoms with Crippen LogP contribution in [0.15, 0.2) is 54.7 Å². The molecular weight excluding hydrogens is 371 g/mol. The highest BCUT2D eigenvalue weighted by molar-refractivity contribution is 6.32. The smallest absolute Gasteiger partial charge is 0.255 e. The van der Waals surface area contributed by atoms with Crippen LogP contribution in [0.5, 0.6) is 11.5 Å². The minimum Gasteiger partial charge on any atom is -0.495 e. The minimum atomic E-state index is -0.576. The maximum atomic E-state index is 14.6. The number of benzene rings is 2. The average molecular weight is 387 g/mol. The molecule has 138 valence electrons. The number of methoxy groups -OCH3 is 2. The third kappa shape index (κ3) is 4.01. The van der Waals surface area contributed by atoms with Gasteiger partial charge < -0.3 is 14.8 Å². The van der Waals surface area contributed by atoms with Crippen LogP contribution in [0.3, 0.4) is 0 Å². The van der Waals surface area contributed by atoms with E-state index in [1.165, 1.54) is 26.4 Å². The number of aromatic nitrogens is 1. The Morgan fingerprint density at radius 1 is 1.07 bits per heavy atom. The first kappa shape index (κ1) is 18.7. The summed E-state index contributed by atoms with van der Waals surface area (Å²) >= 11 is 6.05. The van der Waals surface area contributed by atoms with Crippen molar-refractivity contribution in [2.75, 3.05) is 19.5 Å². The van der Waals surface area contributed by atoms with Gasteiger partial charge in [0.25, 0.3) is 5.91 Å². The lowest BCUT2D eigenvalue weighted by Crippen LogP contribution is -2.12. The summed E-state index contributed by atoms with van der Waals surface area (Å²) in [6.45, 7) is 0. The number of pyridine rings is 1. The Balaban J connectivity index is 1.85. The molecule has 0 unspecified atom stereocenters. The maximum Gasteiger partial charge on any atom is 0.255 e. The van der Waals surface area contributed by atoms with E-state index in [0.29, 0.717) is 27.9 Å². The molecule has 5 nitrogen and oxygen atoms in total. The molecule has 1 heterocycles. The van der Waals surface area contributed by atoms with Crippen molar-refractivity contribution in [3.63, 3.8) is 0 Å². The molecule has 7 heteroatoms. The Hall–Kier alpha value is -3.12. The minimum absolute atomic E-state index is 0.165. The first-order valence-electron chi connectivity index (χ1n) is 7.97. The van der Waals surface area contributed by atoms with E-state index < -0.39 is 11.7 Å². The predicted octanol–water partition coefficient (Wildman–Crippen LogP) is 4.81. The van der Waals surface area contributed by atoms with Crippen LogP contribution in [0.4, 0.5) is 10.1 Å². The van der Waals surface area contributed by atoms with Gasteiger partial charge in [0.05, 0.1) is 19.2 Å². The number of ether oxygens (including phenoxy) is 2. The Morgan fingerprint density at radius 2 is 1.85 bits per heavy atom. The molecule has 1 N–H and O–H groups in total. The van der Waals surface area contributed by atoms with Crippen LogP contribution in [0, 0.1) is 5.82 Å². The van der Waals surface area contributed by atoms with Gasteiger partial charge in [0.2, 0.25) is 0 Å². The third-order valence-corrected chi connectivity index (χ3v) is 4.18. The fourth-order valence-corrected chi connectivity index (χ4v) is 2.81. The zero-order valence-corrected chi connectivity index (χ0v) is 15.4. The van der Waals surface area contributed by atoms with Crippen LogP contribution in [0.25, 0.3) is 11.3 Å². The molecule has 27 heavy (non-hydrogen) atoms. The second-order valence-corrected chi connectivity index (χ2v) is 5.96. The van der Waals surface area contributed by atoms with E-state index in [4.69, 9.17) is 21.1 Å². The fraction of sp³-hybridized carbons (Fsp3) is 0.100. The normalized spacial score (nSPS) is 10.4. The Morgan fingerprint density at radius 3 is 2.52 bits per heavy atom. The van der Waals surface area contributed by atoms with E-state index in [0.717, 1.165) is 6.07 Å². The highest BCUT2D eigenvalue weighted by Gasteiger charge is 2.15. The standard InChI is InChI=1S/C20H16ClFN2O3/c1-26-17-8-6-13(11-15(17)21)24-20(25)12-5-7-14(16(22)10-12)19-18(27-2)4-3-9-23-19/h3-11H,1-2H3,(H,24,25). The molecule has 0 saturated heterocycles. The molecule has 2 aromatic carbocycles. The molecule has 0 aliphatic carbocycles. The average Bonchev–Trinajstić information content (AvgIpc) is 2.68. The SMILES string of the molecule is COc1ccc(NC(=O)c2ccc(-c3ncccc3OC)c(F)c2)cc1Cl. The lowest BCUT2D eigenvalue weighted by Gasteiger charge is -2.10. The van der Waals surface area contributed by atoms with Crippen LogP contribution < -0.4 is 14.8 Å². The highest BCUT2D eigenvalue weighted by Crippen LogP contribution is 2.30. The quantitative estimate of drug-likeness (QED) is 0.683. The van der Waals surface area contributed by atoms with E-state index in [-0.39, 0.29) is 11.1 Å². The van der Waals surface area contributed by atoms with E-state index in [1.807, 2.05) is 0 Å². The Labute approximate surface area is 160 Å². The maximum absolute atomic E-state index is 14.6. The highest BCUT2D eigenvalue weighted by atomic mass is 35.5. The summed E-state index contributed by atoms with van der Waals surface area (Å²) in [7, 11) is 2.99. The van der Waals surface area contributed by atoms with Gasteiger partial charge in [-0.25, -0.2) is 4.39 Å². The molecule has 0 radical (unpaired) electrons. The summed E-state index contributed by atoms with van der Waals surface area (Å²) in [5.41, 5.74) is 1.25. The third-order valence-electron chi connectivity index (χ3n) is 3.89. The van der Waals surface area contributed by atoms with Crippen molar-refractivity contribution < 1.29 is 18.7 Å². The van der Waals surface area contributed by atoms with Crippen molar-refractivity contribution in [2.45, 2.75) is 0 Å². The number of nitrogens with one attached hydrogen (secondary N) is 1. The molecule has 0 bridgehead atoms. The summed E-state index contributed by atoms with van der Waals surface area (Å²) in [6.07, 6.45) is 1.55. The van der Waals surface area contributed by atoms with Crippen molar-refractivity contribution in [3.8, 4) is 22.8 Å². The summed E-state index contributed by atoms with van der Waals surface area (Å²) in [4.78, 5) is 16.6. The van der Waals surface area contributed by atoms with Gasteiger partial charge in [0.1, 0.15) is 23.0 Å². The van der Waals surface area contributed by atoms with Crippen LogP contribution in [0.2, 0.25) is 5.02 Å². The van der Waals surface area contributed by atoms with Gasteiger partial charge in [0, 0.05) is 23.0 Å². The van der Waals surface area contributed by atoms with E-state index in [1.54, 1.807) is 36.5 Å². The molecule has 0 aliphatic rings. The van der Waals surface area contributed by atoms with Crippen LogP contribution >= 0.6 is 11.6 Å². The second-order valence-electron chi connectivity index (χ2n) is 5.55. The lowest BCUT2D eigenvalue weighted by molar-refractivity contribution is 0.102. The van der Waals surface area contributed by atoms with Crippen molar-refractivity contribution in [1.29, 1.82) is 0 Å². The van der Waals surface area contributed by atoms with Crippen LogP contribution in [-0.2, 0) is 0 Å². The van der Waals surface area contributed by atoms with Crippen molar-refractivity contribution in [1.82, 2.24) is 4.98 Å². The first-order chi connectivity index (χ1) is 13.0. The van der Waals surface area contributed by atoms with Gasteiger partial charge in [-0.15, -0.1) is 0 Å². The number of anilines is 1. The van der Waals surface area contributed by atoms with Crippen LogP contribution in [-0.4, -0.2) is 25.1 Å². The van der Waals surface area contributed by atoms with Gasteiger partial charge in [-0.3, -0.25) is 9.78 Å². The molecule has 0 aliphatic heterocycles. The molecule has 0 fully saturated rings. The molecule has 3 rings (SSSR count). The second kappa shape index (κ2) is 8.05. The predicted molar refractivity (Wildman–Crippen MR) is 102 cm³/mol. The number of nitrogens with zero attached hydrogens (tertiary/aromatic N) is 1. The van der Waals surface area contributed by atoms with Gasteiger partial charge in [0.15, 0.2) is 0 Å². The number of halogens is 2. The molecule has 1 amide bonds. The molecule has 0 spiro atoms. The van der Waals surface area contributed by atoms with E-state index in [9.17, 15) is 9.18 Å². The number of amides is 1. The van der Waals surface area contributed by atoms with Gasteiger partial charge in [-0.2, -0.15) is 0 Å². The number of carbonyl (C=O) groups is 1. The van der Waals surface area contributed by atoms with E-state index in [2.05, 4.69) is 10.3 Å². The number of hydrogen-bond donors (Lipinski definition) is 1.